The fourth-order valence-corrected chi connectivity index (χ4v) is 2.55. The molecule has 0 unspecified atom stereocenters. The molecule has 2 aromatic heterocycles. The smallest absolute Gasteiger partial charge is 0.226 e. The van der Waals surface area contributed by atoms with E-state index in [2.05, 4.69) is 32.0 Å². The number of H-pyrrole nitrogens is 1. The van der Waals surface area contributed by atoms with E-state index in [0.29, 0.717) is 5.65 Å². The van der Waals surface area contributed by atoms with Gasteiger partial charge in [0, 0.05) is 13.1 Å². The molecule has 3 rings (SSSR count). The Balaban J connectivity index is 1.96. The van der Waals surface area contributed by atoms with E-state index in [-0.39, 0.29) is 5.28 Å². The first kappa shape index (κ1) is 11.7. The van der Waals surface area contributed by atoms with E-state index >= 15 is 0 Å². The summed E-state index contributed by atoms with van der Waals surface area (Å²) >= 11 is 5.97. The van der Waals surface area contributed by atoms with Gasteiger partial charge in [0.05, 0.1) is 11.6 Å². The molecule has 0 atom stereocenters. The Morgan fingerprint density at radius 2 is 2.28 bits per heavy atom. The number of nitrogens with one attached hydrogen (secondary N) is 1. The molecule has 2 heterocycles. The highest BCUT2D eigenvalue weighted by molar-refractivity contribution is 6.28. The lowest BCUT2D eigenvalue weighted by Gasteiger charge is -2.32. The maximum Gasteiger partial charge on any atom is 0.226 e. The van der Waals surface area contributed by atoms with Gasteiger partial charge in [-0.25, -0.2) is 0 Å². The minimum atomic E-state index is 0.272. The van der Waals surface area contributed by atoms with E-state index in [0.717, 1.165) is 30.2 Å². The number of hydrogen-bond acceptors (Lipinski definition) is 4. The molecule has 0 saturated heterocycles. The van der Waals surface area contributed by atoms with Crippen molar-refractivity contribution >= 4 is 28.5 Å². The Labute approximate surface area is 111 Å². The molecule has 0 amide bonds. The summed E-state index contributed by atoms with van der Waals surface area (Å²) < 4.78 is 0. The van der Waals surface area contributed by atoms with Crippen LogP contribution in [0.25, 0.3) is 11.0 Å². The quantitative estimate of drug-likeness (QED) is 0.864. The van der Waals surface area contributed by atoms with Crippen LogP contribution in [0.2, 0.25) is 5.28 Å². The van der Waals surface area contributed by atoms with Crippen LogP contribution in [0, 0.1) is 5.92 Å². The number of rotatable bonds is 4. The van der Waals surface area contributed by atoms with Gasteiger partial charge in [-0.1, -0.05) is 6.42 Å². The van der Waals surface area contributed by atoms with Gasteiger partial charge in [0.2, 0.25) is 5.28 Å². The summed E-state index contributed by atoms with van der Waals surface area (Å²) in [6, 6.07) is 0. The van der Waals surface area contributed by atoms with Crippen LogP contribution < -0.4 is 4.90 Å². The molecule has 1 aliphatic rings. The topological polar surface area (TPSA) is 57.7 Å². The molecule has 96 valence electrons. The van der Waals surface area contributed by atoms with Crippen molar-refractivity contribution in [1.29, 1.82) is 0 Å². The first-order valence-corrected chi connectivity index (χ1v) is 6.77. The maximum atomic E-state index is 5.97. The second-order valence-corrected chi connectivity index (χ2v) is 5.12. The molecule has 0 spiro atoms. The van der Waals surface area contributed by atoms with Gasteiger partial charge in [0.15, 0.2) is 5.65 Å². The Hall–Kier alpha value is -1.36. The van der Waals surface area contributed by atoms with Crippen LogP contribution in [0.1, 0.15) is 26.2 Å². The number of anilines is 1. The molecule has 1 aliphatic carbocycles. The molecule has 0 bridgehead atoms. The van der Waals surface area contributed by atoms with Crippen LogP contribution in [0.4, 0.5) is 5.82 Å². The number of aromatic nitrogens is 4. The third-order valence-corrected chi connectivity index (χ3v) is 3.82. The number of nitrogens with zero attached hydrogens (tertiary/aromatic N) is 4. The zero-order valence-electron chi connectivity index (χ0n) is 10.4. The van der Waals surface area contributed by atoms with Crippen LogP contribution in [0.15, 0.2) is 6.20 Å². The molecule has 18 heavy (non-hydrogen) atoms. The van der Waals surface area contributed by atoms with Gasteiger partial charge >= 0.3 is 0 Å². The molecule has 5 nitrogen and oxygen atoms in total. The lowest BCUT2D eigenvalue weighted by atomic mass is 9.85. The normalized spacial score (nSPS) is 15.9. The van der Waals surface area contributed by atoms with Crippen molar-refractivity contribution < 1.29 is 0 Å². The van der Waals surface area contributed by atoms with E-state index in [9.17, 15) is 0 Å². The summed E-state index contributed by atoms with van der Waals surface area (Å²) in [6.07, 6.45) is 5.77. The van der Waals surface area contributed by atoms with Gasteiger partial charge in [-0.15, -0.1) is 0 Å². The highest BCUT2D eigenvalue weighted by Gasteiger charge is 2.22. The number of halogens is 1. The van der Waals surface area contributed by atoms with Crippen molar-refractivity contribution in [2.45, 2.75) is 26.2 Å². The number of aromatic amines is 1. The van der Waals surface area contributed by atoms with Crippen molar-refractivity contribution in [2.24, 2.45) is 5.92 Å². The fraction of sp³-hybridized carbons (Fsp3) is 0.583. The van der Waals surface area contributed by atoms with Crippen LogP contribution in [-0.4, -0.2) is 33.3 Å². The highest BCUT2D eigenvalue weighted by atomic mass is 35.5. The van der Waals surface area contributed by atoms with Crippen molar-refractivity contribution in [3.8, 4) is 0 Å². The average molecular weight is 266 g/mol. The largest absolute Gasteiger partial charge is 0.356 e. The first-order valence-electron chi connectivity index (χ1n) is 6.39. The molecule has 0 radical (unpaired) electrons. The Morgan fingerprint density at radius 3 is 2.94 bits per heavy atom. The minimum Gasteiger partial charge on any atom is -0.356 e. The molecular formula is C12H16ClN5. The van der Waals surface area contributed by atoms with Crippen LogP contribution in [0.3, 0.4) is 0 Å². The molecule has 1 fully saturated rings. The van der Waals surface area contributed by atoms with Gasteiger partial charge in [-0.2, -0.15) is 15.1 Å². The van der Waals surface area contributed by atoms with Crippen molar-refractivity contribution in [3.05, 3.63) is 11.5 Å². The lowest BCUT2D eigenvalue weighted by molar-refractivity contribution is 0.318. The van der Waals surface area contributed by atoms with Gasteiger partial charge in [-0.3, -0.25) is 5.10 Å². The van der Waals surface area contributed by atoms with E-state index in [1.54, 1.807) is 6.20 Å². The first-order chi connectivity index (χ1) is 8.78. The third kappa shape index (κ3) is 2.03. The molecule has 1 N–H and O–H groups in total. The summed E-state index contributed by atoms with van der Waals surface area (Å²) in [4.78, 5) is 10.8. The second-order valence-electron chi connectivity index (χ2n) is 4.78. The Morgan fingerprint density at radius 1 is 1.44 bits per heavy atom. The summed E-state index contributed by atoms with van der Waals surface area (Å²) in [5.41, 5.74) is 0.706. The summed E-state index contributed by atoms with van der Waals surface area (Å²) in [5, 5.41) is 8.09. The van der Waals surface area contributed by atoms with E-state index in [4.69, 9.17) is 11.6 Å². The van der Waals surface area contributed by atoms with Gasteiger partial charge in [-0.05, 0) is 37.3 Å². The third-order valence-electron chi connectivity index (χ3n) is 3.65. The molecule has 0 aliphatic heterocycles. The predicted octanol–water partition coefficient (Wildman–Crippen LogP) is 2.63. The summed E-state index contributed by atoms with van der Waals surface area (Å²) in [5.74, 6) is 1.69. The zero-order chi connectivity index (χ0) is 12.5. The zero-order valence-corrected chi connectivity index (χ0v) is 11.1. The van der Waals surface area contributed by atoms with Crippen LogP contribution in [-0.2, 0) is 0 Å². The standard InChI is InChI=1S/C12H16ClN5/c1-2-18(7-8-4-3-5-8)11-9-6-14-17-10(9)15-12(13)16-11/h6,8H,2-5,7H2,1H3,(H,14,15,16,17). The lowest BCUT2D eigenvalue weighted by Crippen LogP contribution is -2.33. The maximum absolute atomic E-state index is 5.97. The van der Waals surface area contributed by atoms with Gasteiger partial charge in [0.1, 0.15) is 5.82 Å². The Bertz CT molecular complexity index is 548. The molecule has 0 aromatic carbocycles. The molecule has 6 heteroatoms. The minimum absolute atomic E-state index is 0.272. The molecular weight excluding hydrogens is 250 g/mol. The van der Waals surface area contributed by atoms with E-state index < -0.39 is 0 Å². The van der Waals surface area contributed by atoms with Crippen LogP contribution >= 0.6 is 11.6 Å². The Kier molecular flexibility index (Phi) is 3.07. The van der Waals surface area contributed by atoms with Gasteiger partial charge in [0.25, 0.3) is 0 Å². The van der Waals surface area contributed by atoms with Gasteiger partial charge < -0.3 is 4.90 Å². The predicted molar refractivity (Wildman–Crippen MR) is 71.9 cm³/mol. The fourth-order valence-electron chi connectivity index (χ4n) is 2.39. The molecule has 2 aromatic rings. The average Bonchev–Trinajstić information content (AvgIpc) is 2.75. The monoisotopic (exact) mass is 265 g/mol. The van der Waals surface area contributed by atoms with E-state index in [1.165, 1.54) is 19.3 Å². The van der Waals surface area contributed by atoms with Crippen molar-refractivity contribution in [3.63, 3.8) is 0 Å². The SMILES string of the molecule is CCN(CC1CCC1)c1nc(Cl)nc2[nH]ncc12. The summed E-state index contributed by atoms with van der Waals surface area (Å²) in [6.45, 7) is 4.11. The second kappa shape index (κ2) is 4.72. The highest BCUT2D eigenvalue weighted by Crippen LogP contribution is 2.30. The van der Waals surface area contributed by atoms with Crippen molar-refractivity contribution in [1.82, 2.24) is 20.2 Å². The summed E-state index contributed by atoms with van der Waals surface area (Å²) in [7, 11) is 0. The number of fused-ring (bicyclic) bond motifs is 1. The number of hydrogen-bond donors (Lipinski definition) is 1. The van der Waals surface area contributed by atoms with Crippen LogP contribution in [0.5, 0.6) is 0 Å². The van der Waals surface area contributed by atoms with E-state index in [1.807, 2.05) is 0 Å². The van der Waals surface area contributed by atoms with Crippen molar-refractivity contribution in [2.75, 3.05) is 18.0 Å². The molecule has 1 saturated carbocycles.